The fourth-order valence-electron chi connectivity index (χ4n) is 2.04. The molecule has 2 N–H and O–H groups in total. The van der Waals surface area contributed by atoms with Crippen molar-refractivity contribution >= 4 is 5.82 Å². The summed E-state index contributed by atoms with van der Waals surface area (Å²) in [7, 11) is 2.05. The number of hydrogen-bond donors (Lipinski definition) is 1. The minimum Gasteiger partial charge on any atom is -0.381 e. The van der Waals surface area contributed by atoms with E-state index in [1.54, 1.807) is 6.07 Å². The molecule has 0 spiro atoms. The van der Waals surface area contributed by atoms with Crippen LogP contribution in [-0.4, -0.2) is 17.1 Å². The molecule has 0 bridgehead atoms. The summed E-state index contributed by atoms with van der Waals surface area (Å²) in [6.45, 7) is 5.84. The van der Waals surface area contributed by atoms with E-state index >= 15 is 0 Å². The number of nitrogen functional groups attached to an aromatic ring is 1. The molecule has 0 radical (unpaired) electrons. The minimum absolute atomic E-state index is 0.435. The molecular weight excluding hydrogens is 226 g/mol. The number of anilines is 1. The third-order valence-corrected chi connectivity index (χ3v) is 2.94. The Morgan fingerprint density at radius 1 is 1.22 bits per heavy atom. The maximum absolute atomic E-state index is 5.52. The number of aromatic nitrogens is 1. The van der Waals surface area contributed by atoms with Crippen LogP contribution in [-0.2, 0) is 13.1 Å². The van der Waals surface area contributed by atoms with Gasteiger partial charge in [-0.15, -0.1) is 0 Å². The van der Waals surface area contributed by atoms with Gasteiger partial charge in [-0.3, -0.25) is 4.90 Å². The number of nitrogens with two attached hydrogens (primary N) is 1. The van der Waals surface area contributed by atoms with Gasteiger partial charge < -0.3 is 10.3 Å². The van der Waals surface area contributed by atoms with E-state index in [0.29, 0.717) is 12.4 Å². The molecule has 0 saturated carbocycles. The van der Waals surface area contributed by atoms with Crippen LogP contribution in [0.1, 0.15) is 22.5 Å². The van der Waals surface area contributed by atoms with Crippen LogP contribution in [0.3, 0.4) is 0 Å². The van der Waals surface area contributed by atoms with Gasteiger partial charge in [-0.2, -0.15) is 0 Å². The second kappa shape index (κ2) is 5.23. The van der Waals surface area contributed by atoms with E-state index in [2.05, 4.69) is 49.2 Å². The predicted octanol–water partition coefficient (Wildman–Crippen LogP) is 2.51. The summed E-state index contributed by atoms with van der Waals surface area (Å²) in [6.07, 6.45) is 0. The predicted molar refractivity (Wildman–Crippen MR) is 72.0 cm³/mol. The van der Waals surface area contributed by atoms with E-state index in [4.69, 9.17) is 10.3 Å². The lowest BCUT2D eigenvalue weighted by Gasteiger charge is -2.16. The van der Waals surface area contributed by atoms with Crippen LogP contribution >= 0.6 is 0 Å². The van der Waals surface area contributed by atoms with Gasteiger partial charge in [0.25, 0.3) is 0 Å². The van der Waals surface area contributed by atoms with Crippen molar-refractivity contribution in [3.63, 3.8) is 0 Å². The Balaban J connectivity index is 2.00. The number of aryl methyl sites for hydroxylation is 2. The molecule has 0 aliphatic heterocycles. The molecule has 1 aromatic heterocycles. The molecule has 96 valence electrons. The highest BCUT2D eigenvalue weighted by Gasteiger charge is 2.07. The summed E-state index contributed by atoms with van der Waals surface area (Å²) in [5.41, 5.74) is 9.47. The largest absolute Gasteiger partial charge is 0.381 e. The Bertz CT molecular complexity index is 534. The van der Waals surface area contributed by atoms with Gasteiger partial charge in [0.2, 0.25) is 0 Å². The van der Waals surface area contributed by atoms with Crippen LogP contribution in [0, 0.1) is 13.8 Å². The van der Waals surface area contributed by atoms with Crippen molar-refractivity contribution in [1.82, 2.24) is 10.1 Å². The van der Waals surface area contributed by atoms with Gasteiger partial charge in [-0.1, -0.05) is 28.9 Å². The molecule has 2 rings (SSSR count). The number of benzene rings is 1. The molecular formula is C14H19N3O. The summed E-state index contributed by atoms with van der Waals surface area (Å²) in [5.74, 6) is 1.23. The molecule has 2 aromatic rings. The van der Waals surface area contributed by atoms with E-state index in [1.807, 2.05) is 0 Å². The van der Waals surface area contributed by atoms with Crippen LogP contribution in [0.5, 0.6) is 0 Å². The third-order valence-electron chi connectivity index (χ3n) is 2.94. The zero-order valence-electron chi connectivity index (χ0n) is 11.1. The third kappa shape index (κ3) is 3.11. The maximum atomic E-state index is 5.52. The molecule has 0 amide bonds. The van der Waals surface area contributed by atoms with Gasteiger partial charge in [0.05, 0.1) is 6.54 Å². The van der Waals surface area contributed by atoms with E-state index in [-0.39, 0.29) is 0 Å². The minimum atomic E-state index is 0.435. The second-order valence-electron chi connectivity index (χ2n) is 4.82. The average molecular weight is 245 g/mol. The van der Waals surface area contributed by atoms with Crippen molar-refractivity contribution in [3.05, 3.63) is 46.7 Å². The molecule has 18 heavy (non-hydrogen) atoms. The average Bonchev–Trinajstić information content (AvgIpc) is 2.68. The number of hydrogen-bond acceptors (Lipinski definition) is 4. The Labute approximate surface area is 107 Å². The van der Waals surface area contributed by atoms with Gasteiger partial charge >= 0.3 is 0 Å². The second-order valence-corrected chi connectivity index (χ2v) is 4.82. The summed E-state index contributed by atoms with van der Waals surface area (Å²) in [6, 6.07) is 8.28. The van der Waals surface area contributed by atoms with Crippen molar-refractivity contribution in [1.29, 1.82) is 0 Å². The lowest BCUT2D eigenvalue weighted by Crippen LogP contribution is -2.17. The summed E-state index contributed by atoms with van der Waals surface area (Å²) in [4.78, 5) is 2.18. The zero-order valence-corrected chi connectivity index (χ0v) is 11.1. The normalized spacial score (nSPS) is 11.1. The summed E-state index contributed by atoms with van der Waals surface area (Å²) in [5, 5.41) is 3.68. The smallest absolute Gasteiger partial charge is 0.167 e. The van der Waals surface area contributed by atoms with Crippen LogP contribution in [0.25, 0.3) is 0 Å². The van der Waals surface area contributed by atoms with Crippen molar-refractivity contribution in [3.8, 4) is 0 Å². The van der Waals surface area contributed by atoms with E-state index < -0.39 is 0 Å². The molecule has 1 aromatic carbocycles. The van der Waals surface area contributed by atoms with Crippen LogP contribution in [0.4, 0.5) is 5.82 Å². The van der Waals surface area contributed by atoms with Crippen LogP contribution in [0.15, 0.2) is 28.8 Å². The zero-order chi connectivity index (χ0) is 13.1. The molecule has 4 nitrogen and oxygen atoms in total. The SMILES string of the molecule is Cc1ccc(CN(C)Cc2cc(N)no2)c(C)c1. The quantitative estimate of drug-likeness (QED) is 0.899. The first-order valence-electron chi connectivity index (χ1n) is 6.00. The van der Waals surface area contributed by atoms with Crippen molar-refractivity contribution < 1.29 is 4.52 Å². The molecule has 0 atom stereocenters. The summed E-state index contributed by atoms with van der Waals surface area (Å²) < 4.78 is 5.11. The first-order valence-corrected chi connectivity index (χ1v) is 6.00. The van der Waals surface area contributed by atoms with E-state index in [9.17, 15) is 0 Å². The monoisotopic (exact) mass is 245 g/mol. The fraction of sp³-hybridized carbons (Fsp3) is 0.357. The lowest BCUT2D eigenvalue weighted by molar-refractivity contribution is 0.266. The highest BCUT2D eigenvalue weighted by atomic mass is 16.5. The van der Waals surface area contributed by atoms with Gasteiger partial charge in [0, 0.05) is 12.6 Å². The van der Waals surface area contributed by atoms with E-state index in [0.717, 1.165) is 12.3 Å². The van der Waals surface area contributed by atoms with Gasteiger partial charge in [-0.25, -0.2) is 0 Å². The standard InChI is InChI=1S/C14H19N3O/c1-10-4-5-12(11(2)6-10)8-17(3)9-13-7-14(15)16-18-13/h4-7H,8-9H2,1-3H3,(H2,15,16). The molecule has 0 saturated heterocycles. The Kier molecular flexibility index (Phi) is 3.67. The highest BCUT2D eigenvalue weighted by molar-refractivity contribution is 5.30. The maximum Gasteiger partial charge on any atom is 0.167 e. The van der Waals surface area contributed by atoms with Crippen LogP contribution < -0.4 is 5.73 Å². The molecule has 0 fully saturated rings. The molecule has 0 aliphatic rings. The Morgan fingerprint density at radius 2 is 2.00 bits per heavy atom. The van der Waals surface area contributed by atoms with Crippen molar-refractivity contribution in [2.45, 2.75) is 26.9 Å². The number of nitrogens with zero attached hydrogens (tertiary/aromatic N) is 2. The molecule has 4 heteroatoms. The highest BCUT2D eigenvalue weighted by Crippen LogP contribution is 2.14. The van der Waals surface area contributed by atoms with Crippen molar-refractivity contribution in [2.75, 3.05) is 12.8 Å². The fourth-order valence-corrected chi connectivity index (χ4v) is 2.04. The first kappa shape index (κ1) is 12.6. The van der Waals surface area contributed by atoms with Gasteiger partial charge in [0.15, 0.2) is 11.6 Å². The molecule has 0 unspecified atom stereocenters. The topological polar surface area (TPSA) is 55.3 Å². The van der Waals surface area contributed by atoms with Gasteiger partial charge in [0.1, 0.15) is 0 Å². The van der Waals surface area contributed by atoms with Crippen molar-refractivity contribution in [2.24, 2.45) is 0 Å². The first-order chi connectivity index (χ1) is 8.54. The van der Waals surface area contributed by atoms with Crippen LogP contribution in [0.2, 0.25) is 0 Å². The Hall–Kier alpha value is -1.81. The lowest BCUT2D eigenvalue weighted by atomic mass is 10.1. The molecule has 1 heterocycles. The summed E-state index contributed by atoms with van der Waals surface area (Å²) >= 11 is 0. The van der Waals surface area contributed by atoms with Gasteiger partial charge in [-0.05, 0) is 32.0 Å². The Morgan fingerprint density at radius 3 is 2.61 bits per heavy atom. The molecule has 0 aliphatic carbocycles. The van der Waals surface area contributed by atoms with E-state index in [1.165, 1.54) is 16.7 Å². The number of rotatable bonds is 4.